The number of carbonyl (C=O) groups excluding carboxylic acids is 1. The van der Waals surface area contributed by atoms with Gasteiger partial charge in [-0.25, -0.2) is 4.39 Å². The molecule has 1 fully saturated rings. The molecule has 2 heterocycles. The molecular weight excluding hydrogens is 349 g/mol. The highest BCUT2D eigenvalue weighted by molar-refractivity contribution is 5.95. The first-order valence-electron chi connectivity index (χ1n) is 9.26. The SMILES string of the molecule is O=C(c1ccc2c(c1)OCO2)N1CCC(CCOc2cccc(F)c2)CC1. The summed E-state index contributed by atoms with van der Waals surface area (Å²) in [4.78, 5) is 14.6. The van der Waals surface area contributed by atoms with E-state index >= 15 is 0 Å². The standard InChI is InChI=1S/C21H22FNO4/c22-17-2-1-3-18(13-17)25-11-8-15-6-9-23(10-7-15)21(24)16-4-5-19-20(12-16)27-14-26-19/h1-5,12-13,15H,6-11,14H2. The fourth-order valence-corrected chi connectivity index (χ4v) is 3.54. The van der Waals surface area contributed by atoms with E-state index in [9.17, 15) is 9.18 Å². The zero-order valence-electron chi connectivity index (χ0n) is 15.0. The maximum Gasteiger partial charge on any atom is 0.253 e. The van der Waals surface area contributed by atoms with E-state index in [0.717, 1.165) is 32.4 Å². The quantitative estimate of drug-likeness (QED) is 0.800. The van der Waals surface area contributed by atoms with Crippen molar-refractivity contribution < 1.29 is 23.4 Å². The first-order valence-corrected chi connectivity index (χ1v) is 9.26. The second kappa shape index (κ2) is 7.86. The molecule has 2 aliphatic heterocycles. The third-order valence-corrected chi connectivity index (χ3v) is 5.11. The second-order valence-corrected chi connectivity index (χ2v) is 6.90. The van der Waals surface area contributed by atoms with Crippen molar-refractivity contribution in [2.45, 2.75) is 19.3 Å². The van der Waals surface area contributed by atoms with Crippen molar-refractivity contribution in [2.24, 2.45) is 5.92 Å². The van der Waals surface area contributed by atoms with Gasteiger partial charge in [-0.2, -0.15) is 0 Å². The summed E-state index contributed by atoms with van der Waals surface area (Å²) in [7, 11) is 0. The van der Waals surface area contributed by atoms with Crippen LogP contribution >= 0.6 is 0 Å². The molecule has 0 saturated carbocycles. The Bertz CT molecular complexity index is 818. The fourth-order valence-electron chi connectivity index (χ4n) is 3.54. The van der Waals surface area contributed by atoms with Crippen molar-refractivity contribution >= 4 is 5.91 Å². The molecule has 27 heavy (non-hydrogen) atoms. The Morgan fingerprint density at radius 3 is 2.74 bits per heavy atom. The molecule has 2 aliphatic rings. The highest BCUT2D eigenvalue weighted by Crippen LogP contribution is 2.33. The number of likely N-dealkylation sites (tertiary alicyclic amines) is 1. The molecule has 2 aromatic carbocycles. The second-order valence-electron chi connectivity index (χ2n) is 6.90. The molecule has 0 atom stereocenters. The Kier molecular flexibility index (Phi) is 5.14. The Labute approximate surface area is 157 Å². The summed E-state index contributed by atoms with van der Waals surface area (Å²) in [5.74, 6) is 2.13. The summed E-state index contributed by atoms with van der Waals surface area (Å²) in [6, 6.07) is 11.5. The van der Waals surface area contributed by atoms with Crippen LogP contribution in [0.1, 0.15) is 29.6 Å². The molecule has 5 nitrogen and oxygen atoms in total. The van der Waals surface area contributed by atoms with E-state index in [-0.39, 0.29) is 18.5 Å². The van der Waals surface area contributed by atoms with E-state index < -0.39 is 0 Å². The summed E-state index contributed by atoms with van der Waals surface area (Å²) < 4.78 is 29.4. The monoisotopic (exact) mass is 371 g/mol. The third kappa shape index (κ3) is 4.15. The van der Waals surface area contributed by atoms with Gasteiger partial charge in [-0.15, -0.1) is 0 Å². The number of carbonyl (C=O) groups is 1. The molecule has 0 aliphatic carbocycles. The van der Waals surface area contributed by atoms with Gasteiger partial charge in [-0.05, 0) is 55.5 Å². The molecule has 1 amide bonds. The van der Waals surface area contributed by atoms with E-state index in [1.807, 2.05) is 4.90 Å². The van der Waals surface area contributed by atoms with E-state index in [1.165, 1.54) is 12.1 Å². The summed E-state index contributed by atoms with van der Waals surface area (Å²) in [5, 5.41) is 0. The third-order valence-electron chi connectivity index (χ3n) is 5.11. The van der Waals surface area contributed by atoms with Gasteiger partial charge in [0.2, 0.25) is 6.79 Å². The number of hydrogen-bond acceptors (Lipinski definition) is 4. The number of amides is 1. The number of halogens is 1. The van der Waals surface area contributed by atoms with Gasteiger partial charge < -0.3 is 19.1 Å². The van der Waals surface area contributed by atoms with E-state index in [4.69, 9.17) is 14.2 Å². The maximum atomic E-state index is 13.1. The van der Waals surface area contributed by atoms with Crippen LogP contribution in [0.15, 0.2) is 42.5 Å². The number of fused-ring (bicyclic) bond motifs is 1. The number of benzene rings is 2. The van der Waals surface area contributed by atoms with Gasteiger partial charge in [-0.3, -0.25) is 4.79 Å². The van der Waals surface area contributed by atoms with Crippen molar-refractivity contribution in [2.75, 3.05) is 26.5 Å². The number of nitrogens with zero attached hydrogens (tertiary/aromatic N) is 1. The average molecular weight is 371 g/mol. The first kappa shape index (κ1) is 17.6. The molecular formula is C21H22FNO4. The normalized spacial score (nSPS) is 16.4. The van der Waals surface area contributed by atoms with Crippen LogP contribution in [0.3, 0.4) is 0 Å². The number of piperidine rings is 1. The molecule has 0 N–H and O–H groups in total. The lowest BCUT2D eigenvalue weighted by Crippen LogP contribution is -2.38. The summed E-state index contributed by atoms with van der Waals surface area (Å²) in [6.07, 6.45) is 2.80. The Morgan fingerprint density at radius 1 is 1.11 bits per heavy atom. The average Bonchev–Trinajstić information content (AvgIpc) is 3.16. The molecule has 0 aromatic heterocycles. The van der Waals surface area contributed by atoms with Crippen molar-refractivity contribution in [1.29, 1.82) is 0 Å². The van der Waals surface area contributed by atoms with Gasteiger partial charge in [0, 0.05) is 24.7 Å². The summed E-state index contributed by atoms with van der Waals surface area (Å²) in [5.41, 5.74) is 0.632. The van der Waals surface area contributed by atoms with Crippen LogP contribution in [-0.4, -0.2) is 37.3 Å². The predicted molar refractivity (Wildman–Crippen MR) is 97.7 cm³/mol. The van der Waals surface area contributed by atoms with Crippen molar-refractivity contribution in [1.82, 2.24) is 4.90 Å². The highest BCUT2D eigenvalue weighted by atomic mass is 19.1. The fraction of sp³-hybridized carbons (Fsp3) is 0.381. The van der Waals surface area contributed by atoms with Gasteiger partial charge in [0.25, 0.3) is 5.91 Å². The lowest BCUT2D eigenvalue weighted by molar-refractivity contribution is 0.0679. The Morgan fingerprint density at radius 2 is 1.93 bits per heavy atom. The van der Waals surface area contributed by atoms with E-state index in [1.54, 1.807) is 30.3 Å². The van der Waals surface area contributed by atoms with Crippen LogP contribution < -0.4 is 14.2 Å². The van der Waals surface area contributed by atoms with Gasteiger partial charge in [0.05, 0.1) is 6.61 Å². The van der Waals surface area contributed by atoms with Crippen LogP contribution in [0.25, 0.3) is 0 Å². The lowest BCUT2D eigenvalue weighted by atomic mass is 9.93. The molecule has 0 spiro atoms. The topological polar surface area (TPSA) is 48.0 Å². The van der Waals surface area contributed by atoms with E-state index in [0.29, 0.717) is 35.3 Å². The summed E-state index contributed by atoms with van der Waals surface area (Å²) >= 11 is 0. The molecule has 0 unspecified atom stereocenters. The van der Waals surface area contributed by atoms with Crippen LogP contribution in [0, 0.1) is 11.7 Å². The van der Waals surface area contributed by atoms with E-state index in [2.05, 4.69) is 0 Å². The van der Waals surface area contributed by atoms with Crippen LogP contribution in [0.5, 0.6) is 17.2 Å². The van der Waals surface area contributed by atoms with Gasteiger partial charge >= 0.3 is 0 Å². The lowest BCUT2D eigenvalue weighted by Gasteiger charge is -2.32. The van der Waals surface area contributed by atoms with Gasteiger partial charge in [0.15, 0.2) is 11.5 Å². The maximum absolute atomic E-state index is 13.1. The number of hydrogen-bond donors (Lipinski definition) is 0. The zero-order chi connectivity index (χ0) is 18.6. The van der Waals surface area contributed by atoms with Gasteiger partial charge in [-0.1, -0.05) is 6.07 Å². The number of ether oxygens (including phenoxy) is 3. The minimum Gasteiger partial charge on any atom is -0.493 e. The highest BCUT2D eigenvalue weighted by Gasteiger charge is 2.25. The molecule has 0 radical (unpaired) electrons. The number of rotatable bonds is 5. The largest absolute Gasteiger partial charge is 0.493 e. The van der Waals surface area contributed by atoms with Crippen molar-refractivity contribution in [3.05, 3.63) is 53.8 Å². The zero-order valence-corrected chi connectivity index (χ0v) is 15.0. The van der Waals surface area contributed by atoms with Crippen LogP contribution in [0.2, 0.25) is 0 Å². The minimum absolute atomic E-state index is 0.0303. The Hall–Kier alpha value is -2.76. The minimum atomic E-state index is -0.289. The molecule has 0 bridgehead atoms. The molecule has 4 rings (SSSR count). The smallest absolute Gasteiger partial charge is 0.253 e. The predicted octanol–water partition coefficient (Wildman–Crippen LogP) is 3.88. The molecule has 1 saturated heterocycles. The van der Waals surface area contributed by atoms with Crippen molar-refractivity contribution in [3.8, 4) is 17.2 Å². The first-order chi connectivity index (χ1) is 13.2. The Balaban J connectivity index is 1.24. The molecule has 6 heteroatoms. The van der Waals surface area contributed by atoms with Crippen LogP contribution in [0.4, 0.5) is 4.39 Å². The van der Waals surface area contributed by atoms with Crippen LogP contribution in [-0.2, 0) is 0 Å². The van der Waals surface area contributed by atoms with Gasteiger partial charge in [0.1, 0.15) is 11.6 Å². The summed E-state index contributed by atoms with van der Waals surface area (Å²) in [6.45, 7) is 2.23. The molecule has 2 aromatic rings. The van der Waals surface area contributed by atoms with Crippen molar-refractivity contribution in [3.63, 3.8) is 0 Å². The molecule has 142 valence electrons.